The summed E-state index contributed by atoms with van der Waals surface area (Å²) in [6, 6.07) is 1.88. The van der Waals surface area contributed by atoms with E-state index in [-0.39, 0.29) is 0 Å². The molecule has 2 aromatic heterocycles. The maximum atomic E-state index is 4.13. The second kappa shape index (κ2) is 2.90. The molecule has 0 saturated heterocycles. The van der Waals surface area contributed by atoms with E-state index in [1.54, 1.807) is 10.2 Å². The van der Waals surface area contributed by atoms with Crippen LogP contribution in [0.15, 0.2) is 17.8 Å². The van der Waals surface area contributed by atoms with Gasteiger partial charge in [0.25, 0.3) is 0 Å². The molecule has 0 aliphatic rings. The molecule has 1 N–H and O–H groups in total. The van der Waals surface area contributed by atoms with Crippen LogP contribution in [0.2, 0.25) is 0 Å². The third kappa shape index (κ3) is 1.42. The van der Waals surface area contributed by atoms with Crippen LogP contribution in [0, 0.1) is 0 Å². The molecule has 0 spiro atoms. The van der Waals surface area contributed by atoms with E-state index >= 15 is 0 Å². The lowest BCUT2D eigenvalue weighted by Gasteiger charge is -1.93. The highest BCUT2D eigenvalue weighted by molar-refractivity contribution is 7.13. The van der Waals surface area contributed by atoms with E-state index in [1.807, 2.05) is 19.3 Å². The Labute approximate surface area is 73.1 Å². The smallest absolute Gasteiger partial charge is 0.211 e. The van der Waals surface area contributed by atoms with Crippen molar-refractivity contribution in [1.29, 1.82) is 0 Å². The number of hydrogen-bond acceptors (Lipinski definition) is 5. The van der Waals surface area contributed by atoms with Gasteiger partial charge in [-0.3, -0.25) is 4.68 Å². The lowest BCUT2D eigenvalue weighted by Crippen LogP contribution is -1.92. The average molecular weight is 181 g/mol. The lowest BCUT2D eigenvalue weighted by molar-refractivity contribution is 0.771. The van der Waals surface area contributed by atoms with Crippen molar-refractivity contribution in [3.63, 3.8) is 0 Å². The number of aromatic nitrogens is 4. The summed E-state index contributed by atoms with van der Waals surface area (Å²) in [6.45, 7) is 0. The fraction of sp³-hybridized carbons (Fsp3) is 0.167. The first-order valence-electron chi connectivity index (χ1n) is 3.37. The molecule has 2 aromatic rings. The van der Waals surface area contributed by atoms with Gasteiger partial charge in [-0.1, -0.05) is 11.3 Å². The third-order valence-electron chi connectivity index (χ3n) is 1.31. The first-order chi connectivity index (χ1) is 5.84. The molecule has 62 valence electrons. The molecule has 0 radical (unpaired) electrons. The number of rotatable bonds is 2. The van der Waals surface area contributed by atoms with E-state index in [0.29, 0.717) is 0 Å². The molecule has 0 aliphatic heterocycles. The molecule has 0 aliphatic carbocycles. The van der Waals surface area contributed by atoms with Crippen molar-refractivity contribution in [2.45, 2.75) is 0 Å². The van der Waals surface area contributed by atoms with Gasteiger partial charge in [-0.2, -0.15) is 5.10 Å². The van der Waals surface area contributed by atoms with Gasteiger partial charge < -0.3 is 5.32 Å². The Morgan fingerprint density at radius 3 is 3.08 bits per heavy atom. The number of nitrogens with one attached hydrogen (secondary N) is 1. The largest absolute Gasteiger partial charge is 0.313 e. The molecule has 6 heteroatoms. The molecule has 0 atom stereocenters. The van der Waals surface area contributed by atoms with Gasteiger partial charge in [-0.05, 0) is 0 Å². The fourth-order valence-electron chi connectivity index (χ4n) is 0.819. The Morgan fingerprint density at radius 2 is 2.50 bits per heavy atom. The lowest BCUT2D eigenvalue weighted by atomic mass is 10.6. The first kappa shape index (κ1) is 7.23. The summed E-state index contributed by atoms with van der Waals surface area (Å²) in [5.74, 6) is 0.786. The second-order valence-electron chi connectivity index (χ2n) is 2.24. The molecule has 2 heterocycles. The molecule has 12 heavy (non-hydrogen) atoms. The summed E-state index contributed by atoms with van der Waals surface area (Å²) in [5, 5.41) is 15.4. The Bertz CT molecular complexity index is 352. The molecule has 5 nitrogen and oxygen atoms in total. The minimum atomic E-state index is 0.758. The maximum Gasteiger partial charge on any atom is 0.211 e. The summed E-state index contributed by atoms with van der Waals surface area (Å²) in [4.78, 5) is 0. The summed E-state index contributed by atoms with van der Waals surface area (Å²) < 4.78 is 1.73. The van der Waals surface area contributed by atoms with Crippen molar-refractivity contribution < 1.29 is 0 Å². The van der Waals surface area contributed by atoms with Crippen molar-refractivity contribution >= 4 is 22.3 Å². The second-order valence-corrected chi connectivity index (χ2v) is 3.08. The van der Waals surface area contributed by atoms with Crippen LogP contribution in [-0.4, -0.2) is 20.0 Å². The van der Waals surface area contributed by atoms with Crippen LogP contribution in [0.4, 0.5) is 10.9 Å². The monoisotopic (exact) mass is 181 g/mol. The predicted molar refractivity (Wildman–Crippen MR) is 46.4 cm³/mol. The third-order valence-corrected chi connectivity index (χ3v) is 1.92. The molecule has 0 amide bonds. The maximum absolute atomic E-state index is 4.13. The number of aryl methyl sites for hydroxylation is 1. The van der Waals surface area contributed by atoms with E-state index in [0.717, 1.165) is 10.9 Å². The van der Waals surface area contributed by atoms with Gasteiger partial charge in [0.2, 0.25) is 5.13 Å². The van der Waals surface area contributed by atoms with E-state index < -0.39 is 0 Å². The highest BCUT2D eigenvalue weighted by Gasteiger charge is 1.98. The highest BCUT2D eigenvalue weighted by atomic mass is 32.1. The van der Waals surface area contributed by atoms with Gasteiger partial charge in [-0.25, -0.2) is 0 Å². The topological polar surface area (TPSA) is 55.6 Å². The highest BCUT2D eigenvalue weighted by Crippen LogP contribution is 2.14. The summed E-state index contributed by atoms with van der Waals surface area (Å²) in [7, 11) is 1.87. The molecule has 2 rings (SSSR count). The minimum absolute atomic E-state index is 0.758. The standard InChI is InChI=1S/C6H7N5S/c1-11-3-2-5(10-11)8-6-9-7-4-12-6/h2-4H,1H3,(H,8,9,10). The van der Waals surface area contributed by atoms with Gasteiger partial charge in [0.1, 0.15) is 5.51 Å². The Hall–Kier alpha value is -1.43. The zero-order chi connectivity index (χ0) is 8.39. The molecular weight excluding hydrogens is 174 g/mol. The van der Waals surface area contributed by atoms with Gasteiger partial charge in [0, 0.05) is 19.3 Å². The molecule has 0 saturated carbocycles. The number of anilines is 2. The van der Waals surface area contributed by atoms with E-state index in [2.05, 4.69) is 20.6 Å². The molecule has 0 bridgehead atoms. The molecule has 0 fully saturated rings. The predicted octanol–water partition coefficient (Wildman–Crippen LogP) is 1.02. The van der Waals surface area contributed by atoms with E-state index in [1.165, 1.54) is 11.3 Å². The number of hydrogen-bond donors (Lipinski definition) is 1. The number of nitrogens with zero attached hydrogens (tertiary/aromatic N) is 4. The van der Waals surface area contributed by atoms with Crippen molar-refractivity contribution in [3.8, 4) is 0 Å². The van der Waals surface area contributed by atoms with Gasteiger partial charge in [0.05, 0.1) is 0 Å². The van der Waals surface area contributed by atoms with Crippen LogP contribution in [0.5, 0.6) is 0 Å². The molecule has 0 aromatic carbocycles. The quantitative estimate of drug-likeness (QED) is 0.751. The van der Waals surface area contributed by atoms with Crippen molar-refractivity contribution in [1.82, 2.24) is 20.0 Å². The van der Waals surface area contributed by atoms with Crippen LogP contribution in [0.3, 0.4) is 0 Å². The summed E-state index contributed by atoms with van der Waals surface area (Å²) >= 11 is 1.44. The van der Waals surface area contributed by atoms with E-state index in [9.17, 15) is 0 Å². The average Bonchev–Trinajstić information content (AvgIpc) is 2.63. The Morgan fingerprint density at radius 1 is 1.58 bits per heavy atom. The zero-order valence-electron chi connectivity index (χ0n) is 6.43. The Balaban J connectivity index is 2.14. The van der Waals surface area contributed by atoms with E-state index in [4.69, 9.17) is 0 Å². The summed E-state index contributed by atoms with van der Waals surface area (Å²) in [6.07, 6.45) is 1.86. The van der Waals surface area contributed by atoms with Crippen molar-refractivity contribution in [3.05, 3.63) is 17.8 Å². The van der Waals surface area contributed by atoms with Gasteiger partial charge >= 0.3 is 0 Å². The fourth-order valence-corrected chi connectivity index (χ4v) is 1.27. The Kier molecular flexibility index (Phi) is 1.75. The molecule has 0 unspecified atom stereocenters. The normalized spacial score (nSPS) is 10.1. The van der Waals surface area contributed by atoms with Crippen molar-refractivity contribution in [2.75, 3.05) is 5.32 Å². The van der Waals surface area contributed by atoms with Gasteiger partial charge in [-0.15, -0.1) is 10.2 Å². The van der Waals surface area contributed by atoms with Gasteiger partial charge in [0.15, 0.2) is 5.82 Å². The van der Waals surface area contributed by atoms with Crippen LogP contribution < -0.4 is 5.32 Å². The minimum Gasteiger partial charge on any atom is -0.313 e. The van der Waals surface area contributed by atoms with Crippen LogP contribution in [0.25, 0.3) is 0 Å². The zero-order valence-corrected chi connectivity index (χ0v) is 7.25. The van der Waals surface area contributed by atoms with Crippen molar-refractivity contribution in [2.24, 2.45) is 7.05 Å². The van der Waals surface area contributed by atoms with Crippen LogP contribution in [-0.2, 0) is 7.05 Å². The SMILES string of the molecule is Cn1ccc(Nc2nncs2)n1. The summed E-state index contributed by atoms with van der Waals surface area (Å²) in [5.41, 5.74) is 1.67. The molecular formula is C6H7N5S. The first-order valence-corrected chi connectivity index (χ1v) is 4.25. The van der Waals surface area contributed by atoms with Crippen LogP contribution in [0.1, 0.15) is 0 Å². The van der Waals surface area contributed by atoms with Crippen LogP contribution >= 0.6 is 11.3 Å².